The van der Waals surface area contributed by atoms with Crippen molar-refractivity contribution in [2.45, 2.75) is 11.7 Å². The van der Waals surface area contributed by atoms with Gasteiger partial charge in [-0.1, -0.05) is 0 Å². The number of hydrogen-bond donors (Lipinski definition) is 2. The number of nitrogens with zero attached hydrogens (tertiary/aromatic N) is 3. The number of aromatic nitrogens is 3. The van der Waals surface area contributed by atoms with Crippen LogP contribution in [0.25, 0.3) is 11.0 Å². The van der Waals surface area contributed by atoms with Crippen LogP contribution in [0.1, 0.15) is 6.42 Å². The van der Waals surface area contributed by atoms with E-state index >= 15 is 0 Å². The molecular weight excluding hydrogens is 270 g/mol. The van der Waals surface area contributed by atoms with Crippen LogP contribution in [0, 0.1) is 0 Å². The lowest BCUT2D eigenvalue weighted by Crippen LogP contribution is -2.32. The van der Waals surface area contributed by atoms with Crippen molar-refractivity contribution < 1.29 is 13.2 Å². The van der Waals surface area contributed by atoms with Crippen molar-refractivity contribution in [2.75, 3.05) is 11.4 Å². The Morgan fingerprint density at radius 3 is 2.74 bits per heavy atom. The summed E-state index contributed by atoms with van der Waals surface area (Å²) in [5, 5.41) is 14.5. The third-order valence-corrected chi connectivity index (χ3v) is 4.41. The van der Waals surface area contributed by atoms with Gasteiger partial charge in [0.25, 0.3) is 0 Å². The minimum Gasteiger partial charge on any atom is -0.311 e. The number of nitrogens with one attached hydrogen (secondary N) is 1. The van der Waals surface area contributed by atoms with Crippen LogP contribution in [0.15, 0.2) is 18.2 Å². The predicted molar refractivity (Wildman–Crippen MR) is 67.8 cm³/mol. The van der Waals surface area contributed by atoms with Gasteiger partial charge in [-0.25, -0.2) is 13.6 Å². The maximum atomic E-state index is 11.9. The highest BCUT2D eigenvalue weighted by Gasteiger charge is 2.37. The van der Waals surface area contributed by atoms with Gasteiger partial charge in [0.2, 0.25) is 15.9 Å². The zero-order chi connectivity index (χ0) is 13.6. The van der Waals surface area contributed by atoms with Crippen LogP contribution >= 0.6 is 0 Å². The topological polar surface area (TPSA) is 122 Å². The molecule has 1 aliphatic rings. The number of carbonyl (C=O) groups excluding carboxylic acids is 1. The van der Waals surface area contributed by atoms with Gasteiger partial charge >= 0.3 is 0 Å². The quantitative estimate of drug-likeness (QED) is 0.757. The minimum atomic E-state index is -3.70. The van der Waals surface area contributed by atoms with E-state index in [9.17, 15) is 13.2 Å². The normalized spacial score (nSPS) is 20.4. The minimum absolute atomic E-state index is 0.0705. The number of hydrogen-bond acceptors (Lipinski definition) is 5. The second-order valence-electron chi connectivity index (χ2n) is 4.42. The van der Waals surface area contributed by atoms with Crippen LogP contribution in [0.5, 0.6) is 0 Å². The van der Waals surface area contributed by atoms with E-state index in [4.69, 9.17) is 5.14 Å². The molecule has 1 saturated heterocycles. The molecule has 3 N–H and O–H groups in total. The van der Waals surface area contributed by atoms with Crippen molar-refractivity contribution in [1.29, 1.82) is 0 Å². The van der Waals surface area contributed by atoms with Crippen molar-refractivity contribution in [3.8, 4) is 0 Å². The van der Waals surface area contributed by atoms with Gasteiger partial charge < -0.3 is 4.90 Å². The number of H-pyrrole nitrogens is 1. The fourth-order valence-corrected chi connectivity index (χ4v) is 2.87. The number of aromatic amines is 1. The Bertz CT molecular complexity index is 753. The number of rotatable bonds is 2. The molecule has 19 heavy (non-hydrogen) atoms. The first-order valence-corrected chi connectivity index (χ1v) is 7.18. The summed E-state index contributed by atoms with van der Waals surface area (Å²) in [6, 6.07) is 5.10. The summed E-state index contributed by atoms with van der Waals surface area (Å²) in [6.07, 6.45) is -0.0876. The Morgan fingerprint density at radius 1 is 1.32 bits per heavy atom. The number of sulfonamides is 1. The van der Waals surface area contributed by atoms with E-state index in [-0.39, 0.29) is 18.9 Å². The number of nitrogens with two attached hydrogens (primary N) is 1. The Hall–Kier alpha value is -2.00. The first kappa shape index (κ1) is 12.1. The molecule has 0 radical (unpaired) electrons. The zero-order valence-corrected chi connectivity index (χ0v) is 10.6. The second-order valence-corrected chi connectivity index (χ2v) is 6.26. The van der Waals surface area contributed by atoms with E-state index in [1.807, 2.05) is 0 Å². The molecule has 0 aliphatic carbocycles. The monoisotopic (exact) mass is 281 g/mol. The first-order valence-electron chi connectivity index (χ1n) is 5.57. The summed E-state index contributed by atoms with van der Waals surface area (Å²) in [5.41, 5.74) is 1.89. The fraction of sp³-hybridized carbons (Fsp3) is 0.300. The van der Waals surface area contributed by atoms with Crippen LogP contribution in [0.3, 0.4) is 0 Å². The molecule has 1 aromatic carbocycles. The van der Waals surface area contributed by atoms with Crippen molar-refractivity contribution >= 4 is 32.7 Å². The Morgan fingerprint density at radius 2 is 2.05 bits per heavy atom. The number of benzene rings is 1. The Balaban J connectivity index is 1.96. The lowest BCUT2D eigenvalue weighted by molar-refractivity contribution is -0.117. The molecule has 1 aliphatic heterocycles. The number of primary sulfonamides is 1. The lowest BCUT2D eigenvalue weighted by Gasteiger charge is -2.15. The average Bonchev–Trinajstić information content (AvgIpc) is 2.92. The molecule has 9 heteroatoms. The molecule has 0 bridgehead atoms. The van der Waals surface area contributed by atoms with E-state index in [0.717, 1.165) is 0 Å². The van der Waals surface area contributed by atoms with Crippen LogP contribution < -0.4 is 10.0 Å². The Kier molecular flexibility index (Phi) is 2.54. The van der Waals surface area contributed by atoms with Crippen LogP contribution in [-0.4, -0.2) is 41.5 Å². The summed E-state index contributed by atoms with van der Waals surface area (Å²) in [6.45, 7) is 0.0705. The van der Waals surface area contributed by atoms with Gasteiger partial charge in [-0.15, -0.1) is 0 Å². The molecular formula is C10H11N5O3S. The van der Waals surface area contributed by atoms with E-state index < -0.39 is 15.3 Å². The maximum absolute atomic E-state index is 11.9. The lowest BCUT2D eigenvalue weighted by atomic mass is 10.2. The number of fused-ring (bicyclic) bond motifs is 1. The number of carbonyl (C=O) groups is 1. The fourth-order valence-electron chi connectivity index (χ4n) is 2.14. The SMILES string of the molecule is NS(=O)(=O)C1CC(=O)N(c2ccc3n[nH]nc3c2)C1. The average molecular weight is 281 g/mol. The van der Waals surface area contributed by atoms with Gasteiger partial charge in [0.05, 0.1) is 0 Å². The standard InChI is InChI=1S/C10H11N5O3S/c11-19(17,18)7-4-10(16)15(5-7)6-1-2-8-9(3-6)13-14-12-8/h1-3,7H,4-5H2,(H2,11,17,18)(H,12,13,14). The number of amides is 1. The molecule has 8 nitrogen and oxygen atoms in total. The Labute approximate surface area is 108 Å². The second kappa shape index (κ2) is 4.00. The molecule has 0 spiro atoms. The molecule has 1 fully saturated rings. The van der Waals surface area contributed by atoms with E-state index in [1.54, 1.807) is 18.2 Å². The molecule has 3 rings (SSSR count). The summed E-state index contributed by atoms with van der Waals surface area (Å²) < 4.78 is 22.6. The van der Waals surface area contributed by atoms with Crippen molar-refractivity contribution in [3.63, 3.8) is 0 Å². The van der Waals surface area contributed by atoms with Gasteiger partial charge in [0.15, 0.2) is 0 Å². The third-order valence-electron chi connectivity index (χ3n) is 3.17. The summed E-state index contributed by atoms with van der Waals surface area (Å²) >= 11 is 0. The first-order chi connectivity index (χ1) is 8.95. The maximum Gasteiger partial charge on any atom is 0.228 e. The largest absolute Gasteiger partial charge is 0.311 e. The molecule has 1 aromatic heterocycles. The van der Waals surface area contributed by atoms with E-state index in [2.05, 4.69) is 15.4 Å². The summed E-state index contributed by atoms with van der Waals surface area (Å²) in [5.74, 6) is -0.262. The van der Waals surface area contributed by atoms with E-state index in [1.165, 1.54) is 4.90 Å². The summed E-state index contributed by atoms with van der Waals surface area (Å²) in [7, 11) is -3.70. The molecule has 2 heterocycles. The van der Waals surface area contributed by atoms with Crippen LogP contribution in [0.4, 0.5) is 5.69 Å². The molecule has 1 unspecified atom stereocenters. The zero-order valence-electron chi connectivity index (χ0n) is 9.78. The molecule has 100 valence electrons. The highest BCUT2D eigenvalue weighted by molar-refractivity contribution is 7.89. The van der Waals surface area contributed by atoms with Crippen LogP contribution in [-0.2, 0) is 14.8 Å². The highest BCUT2D eigenvalue weighted by atomic mass is 32.2. The molecule has 1 atom stereocenters. The van der Waals surface area contributed by atoms with Crippen molar-refractivity contribution in [3.05, 3.63) is 18.2 Å². The number of anilines is 1. The van der Waals surface area contributed by atoms with Crippen molar-refractivity contribution in [1.82, 2.24) is 15.4 Å². The van der Waals surface area contributed by atoms with Gasteiger partial charge in [-0.3, -0.25) is 4.79 Å². The van der Waals surface area contributed by atoms with Gasteiger partial charge in [0.1, 0.15) is 16.3 Å². The van der Waals surface area contributed by atoms with Gasteiger partial charge in [-0.2, -0.15) is 15.4 Å². The molecule has 1 amide bonds. The summed E-state index contributed by atoms with van der Waals surface area (Å²) in [4.78, 5) is 13.3. The van der Waals surface area contributed by atoms with Gasteiger partial charge in [0, 0.05) is 18.7 Å². The highest BCUT2D eigenvalue weighted by Crippen LogP contribution is 2.26. The van der Waals surface area contributed by atoms with Crippen molar-refractivity contribution in [2.24, 2.45) is 5.14 Å². The predicted octanol–water partition coefficient (Wildman–Crippen LogP) is -0.648. The van der Waals surface area contributed by atoms with Gasteiger partial charge in [-0.05, 0) is 18.2 Å². The smallest absolute Gasteiger partial charge is 0.228 e. The van der Waals surface area contributed by atoms with Crippen LogP contribution in [0.2, 0.25) is 0 Å². The third kappa shape index (κ3) is 2.06. The molecule has 0 saturated carbocycles. The molecule has 2 aromatic rings. The van der Waals surface area contributed by atoms with E-state index in [0.29, 0.717) is 16.7 Å².